The summed E-state index contributed by atoms with van der Waals surface area (Å²) in [4.78, 5) is 14.0. The second-order valence-corrected chi connectivity index (χ2v) is 6.57. The summed E-state index contributed by atoms with van der Waals surface area (Å²) >= 11 is 0. The molecule has 5 nitrogen and oxygen atoms in total. The van der Waals surface area contributed by atoms with Crippen LogP contribution < -0.4 is 5.32 Å². The zero-order valence-electron chi connectivity index (χ0n) is 15.2. The first kappa shape index (κ1) is 16.5. The maximum absolute atomic E-state index is 4.80. The van der Waals surface area contributed by atoms with Gasteiger partial charge in [-0.25, -0.2) is 9.97 Å². The largest absolute Gasteiger partial charge is 0.368 e. The van der Waals surface area contributed by atoms with Gasteiger partial charge in [-0.3, -0.25) is 4.98 Å². The highest BCUT2D eigenvalue weighted by molar-refractivity contribution is 5.86. The summed E-state index contributed by atoms with van der Waals surface area (Å²) < 4.78 is 2.18. The third-order valence-corrected chi connectivity index (χ3v) is 4.53. The molecule has 0 saturated heterocycles. The molecule has 0 unspecified atom stereocenters. The highest BCUT2D eigenvalue weighted by atomic mass is 15.1. The Hall–Kier alpha value is -2.95. The Morgan fingerprint density at radius 1 is 0.962 bits per heavy atom. The lowest BCUT2D eigenvalue weighted by atomic mass is 10.2. The molecule has 0 bridgehead atoms. The molecule has 5 heteroatoms. The summed E-state index contributed by atoms with van der Waals surface area (Å²) in [6.07, 6.45) is 4.35. The van der Waals surface area contributed by atoms with E-state index in [9.17, 15) is 0 Å². The third kappa shape index (κ3) is 3.25. The minimum Gasteiger partial charge on any atom is -0.368 e. The second-order valence-electron chi connectivity index (χ2n) is 6.57. The number of unbranched alkanes of at least 4 members (excludes halogenated alkanes) is 1. The van der Waals surface area contributed by atoms with E-state index in [2.05, 4.69) is 63.3 Å². The molecule has 26 heavy (non-hydrogen) atoms. The molecular formula is C21H23N5. The number of nitrogens with zero attached hydrogens (tertiary/aromatic N) is 4. The predicted octanol–water partition coefficient (Wildman–Crippen LogP) is 4.55. The second kappa shape index (κ2) is 7.12. The Kier molecular flexibility index (Phi) is 4.52. The summed E-state index contributed by atoms with van der Waals surface area (Å²) in [5.41, 5.74) is 4.06. The quantitative estimate of drug-likeness (QED) is 0.521. The SMILES string of the molecule is CCCCNc1nc(C)nc2ccn(Cc3ccc4ccccc4n3)c12. The normalized spacial score (nSPS) is 11.3. The van der Waals surface area contributed by atoms with Crippen molar-refractivity contribution in [3.63, 3.8) is 0 Å². The summed E-state index contributed by atoms with van der Waals surface area (Å²) in [6.45, 7) is 5.74. The summed E-state index contributed by atoms with van der Waals surface area (Å²) in [6, 6.07) is 14.5. The van der Waals surface area contributed by atoms with Crippen molar-refractivity contribution in [1.29, 1.82) is 0 Å². The molecule has 0 radical (unpaired) electrons. The number of pyridine rings is 1. The van der Waals surface area contributed by atoms with Gasteiger partial charge in [-0.1, -0.05) is 37.6 Å². The molecule has 0 aliphatic heterocycles. The van der Waals surface area contributed by atoms with Crippen molar-refractivity contribution in [2.24, 2.45) is 0 Å². The van der Waals surface area contributed by atoms with Gasteiger partial charge in [0.05, 0.1) is 23.3 Å². The maximum Gasteiger partial charge on any atom is 0.154 e. The molecule has 0 atom stereocenters. The Bertz CT molecular complexity index is 1050. The predicted molar refractivity (Wildman–Crippen MR) is 107 cm³/mol. The highest BCUT2D eigenvalue weighted by Gasteiger charge is 2.11. The monoisotopic (exact) mass is 345 g/mol. The first-order chi connectivity index (χ1) is 12.7. The van der Waals surface area contributed by atoms with Crippen molar-refractivity contribution in [1.82, 2.24) is 19.5 Å². The Balaban J connectivity index is 1.71. The van der Waals surface area contributed by atoms with Crippen molar-refractivity contribution < 1.29 is 0 Å². The van der Waals surface area contributed by atoms with Gasteiger partial charge in [0.25, 0.3) is 0 Å². The molecule has 132 valence electrons. The molecule has 0 saturated carbocycles. The van der Waals surface area contributed by atoms with E-state index in [0.29, 0.717) is 6.54 Å². The topological polar surface area (TPSA) is 55.6 Å². The lowest BCUT2D eigenvalue weighted by molar-refractivity contribution is 0.804. The molecule has 0 fully saturated rings. The number of hydrogen-bond acceptors (Lipinski definition) is 4. The fourth-order valence-corrected chi connectivity index (χ4v) is 3.23. The van der Waals surface area contributed by atoms with Crippen LogP contribution in [0, 0.1) is 6.92 Å². The van der Waals surface area contributed by atoms with E-state index in [1.54, 1.807) is 0 Å². The molecule has 3 heterocycles. The van der Waals surface area contributed by atoms with Gasteiger partial charge in [0.1, 0.15) is 11.3 Å². The molecule has 1 N–H and O–H groups in total. The molecule has 0 spiro atoms. The Labute approximate surface area is 153 Å². The van der Waals surface area contributed by atoms with E-state index in [1.807, 2.05) is 19.1 Å². The van der Waals surface area contributed by atoms with Crippen LogP contribution in [0.2, 0.25) is 0 Å². The number of benzene rings is 1. The Morgan fingerprint density at radius 3 is 2.73 bits per heavy atom. The van der Waals surface area contributed by atoms with Gasteiger partial charge in [0, 0.05) is 18.1 Å². The van der Waals surface area contributed by atoms with Crippen LogP contribution in [0.15, 0.2) is 48.7 Å². The van der Waals surface area contributed by atoms with E-state index in [-0.39, 0.29) is 0 Å². The number of hydrogen-bond donors (Lipinski definition) is 1. The number of aromatic nitrogens is 4. The molecule has 3 aromatic heterocycles. The fourth-order valence-electron chi connectivity index (χ4n) is 3.23. The lowest BCUT2D eigenvalue weighted by Crippen LogP contribution is -2.08. The van der Waals surface area contributed by atoms with Crippen molar-refractivity contribution in [2.75, 3.05) is 11.9 Å². The number of anilines is 1. The van der Waals surface area contributed by atoms with E-state index in [0.717, 1.165) is 58.7 Å². The molecule has 0 aliphatic carbocycles. The Morgan fingerprint density at radius 2 is 1.85 bits per heavy atom. The molecule has 4 rings (SSSR count). The lowest BCUT2D eigenvalue weighted by Gasteiger charge is -2.11. The van der Waals surface area contributed by atoms with E-state index in [1.165, 1.54) is 0 Å². The van der Waals surface area contributed by atoms with Gasteiger partial charge in [-0.2, -0.15) is 0 Å². The van der Waals surface area contributed by atoms with Gasteiger partial charge in [-0.15, -0.1) is 0 Å². The standard InChI is InChI=1S/C21H23N5/c1-3-4-12-22-21-20-19(23-15(2)24-21)11-13-26(20)14-17-10-9-16-7-5-6-8-18(16)25-17/h5-11,13H,3-4,12,14H2,1-2H3,(H,22,23,24). The smallest absolute Gasteiger partial charge is 0.154 e. The molecular weight excluding hydrogens is 322 g/mol. The van der Waals surface area contributed by atoms with Gasteiger partial charge in [-0.05, 0) is 31.5 Å². The van der Waals surface area contributed by atoms with Gasteiger partial charge in [0.2, 0.25) is 0 Å². The van der Waals surface area contributed by atoms with Gasteiger partial charge in [0.15, 0.2) is 5.82 Å². The van der Waals surface area contributed by atoms with Crippen molar-refractivity contribution in [3.8, 4) is 0 Å². The van der Waals surface area contributed by atoms with E-state index in [4.69, 9.17) is 4.98 Å². The first-order valence-electron chi connectivity index (χ1n) is 9.16. The summed E-state index contributed by atoms with van der Waals surface area (Å²) in [7, 11) is 0. The number of rotatable bonds is 6. The van der Waals surface area contributed by atoms with Crippen LogP contribution in [0.5, 0.6) is 0 Å². The number of nitrogens with one attached hydrogen (secondary N) is 1. The van der Waals surface area contributed by atoms with Crippen molar-refractivity contribution in [2.45, 2.75) is 33.2 Å². The van der Waals surface area contributed by atoms with Crippen LogP contribution in [0.4, 0.5) is 5.82 Å². The van der Waals surface area contributed by atoms with E-state index >= 15 is 0 Å². The first-order valence-corrected chi connectivity index (χ1v) is 9.16. The van der Waals surface area contributed by atoms with Crippen LogP contribution >= 0.6 is 0 Å². The number of fused-ring (bicyclic) bond motifs is 2. The average Bonchev–Trinajstić information content (AvgIpc) is 3.04. The van der Waals surface area contributed by atoms with Crippen LogP contribution in [-0.4, -0.2) is 26.1 Å². The van der Waals surface area contributed by atoms with Crippen molar-refractivity contribution >= 4 is 27.8 Å². The fraction of sp³-hybridized carbons (Fsp3) is 0.286. The zero-order chi connectivity index (χ0) is 17.9. The van der Waals surface area contributed by atoms with Crippen LogP contribution in [0.3, 0.4) is 0 Å². The minimum absolute atomic E-state index is 0.698. The summed E-state index contributed by atoms with van der Waals surface area (Å²) in [5, 5.41) is 4.64. The van der Waals surface area contributed by atoms with Crippen LogP contribution in [0.25, 0.3) is 21.9 Å². The van der Waals surface area contributed by atoms with Crippen LogP contribution in [-0.2, 0) is 6.54 Å². The maximum atomic E-state index is 4.80. The highest BCUT2D eigenvalue weighted by Crippen LogP contribution is 2.23. The molecule has 0 amide bonds. The molecule has 1 aromatic carbocycles. The molecule has 0 aliphatic rings. The molecule has 4 aromatic rings. The number of aryl methyl sites for hydroxylation is 1. The van der Waals surface area contributed by atoms with Gasteiger partial charge < -0.3 is 9.88 Å². The van der Waals surface area contributed by atoms with Crippen molar-refractivity contribution in [3.05, 3.63) is 60.2 Å². The zero-order valence-corrected chi connectivity index (χ0v) is 15.2. The third-order valence-electron chi connectivity index (χ3n) is 4.53. The van der Waals surface area contributed by atoms with Gasteiger partial charge >= 0.3 is 0 Å². The average molecular weight is 345 g/mol. The number of para-hydroxylation sites is 1. The van der Waals surface area contributed by atoms with Crippen LogP contribution in [0.1, 0.15) is 31.3 Å². The minimum atomic E-state index is 0.698. The van der Waals surface area contributed by atoms with E-state index < -0.39 is 0 Å². The summed E-state index contributed by atoms with van der Waals surface area (Å²) in [5.74, 6) is 1.70.